The third kappa shape index (κ3) is 5.49. The van der Waals surface area contributed by atoms with Crippen LogP contribution in [0.2, 0.25) is 5.02 Å². The molecule has 2 saturated carbocycles. The normalized spacial score (nSPS) is 27.5. The first-order valence-electron chi connectivity index (χ1n) is 11.5. The summed E-state index contributed by atoms with van der Waals surface area (Å²) in [5.41, 5.74) is -1.01. The number of amides is 1. The molecule has 35 heavy (non-hydrogen) atoms. The number of thioether (sulfide) groups is 1. The van der Waals surface area contributed by atoms with E-state index >= 15 is 0 Å². The lowest BCUT2D eigenvalue weighted by molar-refractivity contribution is -0.106. The van der Waals surface area contributed by atoms with Crippen molar-refractivity contribution in [1.82, 2.24) is 0 Å². The number of rotatable bonds is 7. The minimum Gasteiger partial charge on any atom is -0.391 e. The molecule has 0 radical (unpaired) electrons. The molecule has 10 heteroatoms. The number of fused-ring (bicyclic) bond motifs is 2. The molecule has 4 rings (SSSR count). The van der Waals surface area contributed by atoms with Crippen LogP contribution in [0.25, 0.3) is 0 Å². The number of aliphatic hydroxyl groups is 3. The Morgan fingerprint density at radius 3 is 2.31 bits per heavy atom. The fourth-order valence-corrected chi connectivity index (χ4v) is 6.93. The third-order valence-corrected chi connectivity index (χ3v) is 8.95. The molecule has 4 N–H and O–H groups in total. The van der Waals surface area contributed by atoms with Gasteiger partial charge < -0.3 is 20.6 Å². The number of hydrogen-bond donors (Lipinski definition) is 4. The summed E-state index contributed by atoms with van der Waals surface area (Å²) in [6.45, 7) is 1.51. The Kier molecular flexibility index (Phi) is 7.74. The van der Waals surface area contributed by atoms with Crippen molar-refractivity contribution in [3.8, 4) is 0 Å². The van der Waals surface area contributed by atoms with Gasteiger partial charge in [0, 0.05) is 39.9 Å². The van der Waals surface area contributed by atoms with Crippen molar-refractivity contribution in [2.45, 2.75) is 67.0 Å². The predicted octanol–water partition coefficient (Wildman–Crippen LogP) is 5.15. The van der Waals surface area contributed by atoms with Crippen LogP contribution in [0.3, 0.4) is 0 Å². The van der Waals surface area contributed by atoms with Crippen molar-refractivity contribution in [3.63, 3.8) is 0 Å². The van der Waals surface area contributed by atoms with E-state index in [9.17, 15) is 33.3 Å². The number of aliphatic hydroxyl groups excluding tert-OH is 2. The van der Waals surface area contributed by atoms with Gasteiger partial charge in [-0.3, -0.25) is 4.79 Å². The Morgan fingerprint density at radius 2 is 1.74 bits per heavy atom. The second kappa shape index (κ2) is 10.3. The number of anilines is 1. The Morgan fingerprint density at radius 1 is 1.14 bits per heavy atom. The van der Waals surface area contributed by atoms with Crippen molar-refractivity contribution < 1.29 is 33.3 Å². The van der Waals surface area contributed by atoms with Crippen LogP contribution in [0.4, 0.5) is 18.9 Å². The molecule has 6 atom stereocenters. The summed E-state index contributed by atoms with van der Waals surface area (Å²) in [4.78, 5) is 13.3. The fraction of sp³-hybridized carbons (Fsp3) is 0.480. The number of benzene rings is 2. The van der Waals surface area contributed by atoms with E-state index in [0.29, 0.717) is 34.9 Å². The fourth-order valence-electron chi connectivity index (χ4n) is 5.29. The van der Waals surface area contributed by atoms with Crippen molar-refractivity contribution >= 4 is 35.0 Å². The van der Waals surface area contributed by atoms with Crippen LogP contribution in [0.15, 0.2) is 35.2 Å². The Hall–Kier alpha value is -1.78. The summed E-state index contributed by atoms with van der Waals surface area (Å²) in [5.74, 6) is -5.07. The molecule has 190 valence electrons. The quantitative estimate of drug-likeness (QED) is 0.372. The highest BCUT2D eigenvalue weighted by atomic mass is 35.5. The number of hydrogen-bond acceptors (Lipinski definition) is 5. The molecule has 0 aliphatic heterocycles. The van der Waals surface area contributed by atoms with Crippen LogP contribution < -0.4 is 5.32 Å². The molecule has 0 aromatic heterocycles. The number of nitrogens with one attached hydrogen (secondary N) is 1. The van der Waals surface area contributed by atoms with Crippen LogP contribution in [0.1, 0.15) is 49.4 Å². The molecule has 1 amide bonds. The van der Waals surface area contributed by atoms with Crippen molar-refractivity contribution in [2.24, 2.45) is 11.8 Å². The summed E-state index contributed by atoms with van der Waals surface area (Å²) in [6.07, 6.45) is 1.31. The van der Waals surface area contributed by atoms with Crippen LogP contribution in [0, 0.1) is 29.3 Å². The zero-order valence-corrected chi connectivity index (χ0v) is 20.6. The van der Waals surface area contributed by atoms with Crippen molar-refractivity contribution in [2.75, 3.05) is 5.32 Å². The van der Waals surface area contributed by atoms with Crippen LogP contribution in [-0.4, -0.2) is 44.3 Å². The van der Waals surface area contributed by atoms with Gasteiger partial charge in [-0.2, -0.15) is 0 Å². The van der Waals surface area contributed by atoms with Gasteiger partial charge in [-0.15, -0.1) is 11.8 Å². The molecule has 2 aliphatic carbocycles. The lowest BCUT2D eigenvalue weighted by Gasteiger charge is -2.44. The molecule has 2 fully saturated rings. The minimum absolute atomic E-state index is 0.0133. The van der Waals surface area contributed by atoms with E-state index in [-0.39, 0.29) is 34.8 Å². The average molecular weight is 530 g/mol. The molecule has 0 saturated heterocycles. The Labute approximate surface area is 210 Å². The molecule has 2 bridgehead atoms. The highest BCUT2D eigenvalue weighted by Gasteiger charge is 2.54. The maximum Gasteiger partial charge on any atom is 0.255 e. The summed E-state index contributed by atoms with van der Waals surface area (Å²) in [7, 11) is 0. The summed E-state index contributed by atoms with van der Waals surface area (Å²) in [5, 5.41) is 34.1. The Bertz CT molecular complexity index is 1080. The van der Waals surface area contributed by atoms with Gasteiger partial charge in [-0.05, 0) is 62.6 Å². The first kappa shape index (κ1) is 26.3. The summed E-state index contributed by atoms with van der Waals surface area (Å²) in [6, 6.07) is 6.05. The highest BCUT2D eigenvalue weighted by Crippen LogP contribution is 2.55. The van der Waals surface area contributed by atoms with E-state index in [1.54, 1.807) is 12.1 Å². The van der Waals surface area contributed by atoms with Crippen LogP contribution >= 0.6 is 23.4 Å². The van der Waals surface area contributed by atoms with Gasteiger partial charge in [-0.1, -0.05) is 11.6 Å². The lowest BCUT2D eigenvalue weighted by atomic mass is 9.71. The van der Waals surface area contributed by atoms with Gasteiger partial charge >= 0.3 is 0 Å². The van der Waals surface area contributed by atoms with E-state index in [0.717, 1.165) is 12.8 Å². The largest absolute Gasteiger partial charge is 0.391 e. The summed E-state index contributed by atoms with van der Waals surface area (Å²) < 4.78 is 40.1. The van der Waals surface area contributed by atoms with E-state index in [1.165, 1.54) is 24.8 Å². The number of carbonyl (C=O) groups is 1. The molecular formula is C25H27ClF3NO4S. The molecule has 0 heterocycles. The second-order valence-electron chi connectivity index (χ2n) is 9.54. The van der Waals surface area contributed by atoms with Crippen LogP contribution in [-0.2, 0) is 0 Å². The summed E-state index contributed by atoms with van der Waals surface area (Å²) >= 11 is 7.89. The molecule has 2 aliphatic rings. The van der Waals surface area contributed by atoms with Crippen molar-refractivity contribution in [3.05, 3.63) is 58.4 Å². The standard InChI is InChI=1S/C25H27ClF3NO4S/c1-12(31)21(32)11-25(34)14-3-4-15(25)8-17(7-14)35-22-6-13(2-5-18(22)26)24(33)30-16-9-19(27)23(29)20(28)10-16/h2,5-6,9-10,12,14-15,17,21,31-32,34H,3-4,7-8,11H2,1H3,(H,30,33)/t12?,14-,15?,17?,21?,25?/m0/s1. The number of halogens is 4. The van der Waals surface area contributed by atoms with Gasteiger partial charge in [0.2, 0.25) is 0 Å². The second-order valence-corrected chi connectivity index (χ2v) is 11.3. The molecule has 2 aromatic rings. The van der Waals surface area contributed by atoms with Crippen LogP contribution in [0.5, 0.6) is 0 Å². The van der Waals surface area contributed by atoms with Gasteiger partial charge in [0.05, 0.1) is 22.8 Å². The molecule has 5 unspecified atom stereocenters. The third-order valence-electron chi connectivity index (χ3n) is 7.19. The molecule has 0 spiro atoms. The zero-order valence-electron chi connectivity index (χ0n) is 19.0. The average Bonchev–Trinajstić information content (AvgIpc) is 2.95. The van der Waals surface area contributed by atoms with E-state index in [1.807, 2.05) is 0 Å². The minimum atomic E-state index is -1.61. The van der Waals surface area contributed by atoms with Gasteiger partial charge in [0.1, 0.15) is 0 Å². The smallest absolute Gasteiger partial charge is 0.255 e. The van der Waals surface area contributed by atoms with E-state index in [2.05, 4.69) is 5.32 Å². The van der Waals surface area contributed by atoms with Gasteiger partial charge in [-0.25, -0.2) is 13.2 Å². The van der Waals surface area contributed by atoms with Gasteiger partial charge in [0.25, 0.3) is 5.91 Å². The highest BCUT2D eigenvalue weighted by molar-refractivity contribution is 8.00. The molecule has 5 nitrogen and oxygen atoms in total. The van der Waals surface area contributed by atoms with Crippen molar-refractivity contribution in [1.29, 1.82) is 0 Å². The van der Waals surface area contributed by atoms with E-state index < -0.39 is 41.2 Å². The van der Waals surface area contributed by atoms with E-state index in [4.69, 9.17) is 11.6 Å². The monoisotopic (exact) mass is 529 g/mol. The molecule has 2 aromatic carbocycles. The SMILES string of the molecule is CC(O)C(O)CC1(O)C2CC[C@H]1CC(Sc1cc(C(=O)Nc3cc(F)c(F)c(F)c3)ccc1Cl)C2. The first-order valence-corrected chi connectivity index (χ1v) is 12.7. The topological polar surface area (TPSA) is 89.8 Å². The zero-order chi connectivity index (χ0) is 25.5. The lowest BCUT2D eigenvalue weighted by Crippen LogP contribution is -2.49. The first-order chi connectivity index (χ1) is 16.5. The predicted molar refractivity (Wildman–Crippen MR) is 128 cm³/mol. The maximum atomic E-state index is 13.5. The molecular weight excluding hydrogens is 503 g/mol. The maximum absolute atomic E-state index is 13.5. The Balaban J connectivity index is 1.45. The number of carbonyl (C=O) groups excluding carboxylic acids is 1. The van der Waals surface area contributed by atoms with Gasteiger partial charge in [0.15, 0.2) is 17.5 Å².